The smallest absolute Gasteiger partial charge is 0.278 e. The zero-order chi connectivity index (χ0) is 22.1. The zero-order valence-corrected chi connectivity index (χ0v) is 18.7. The van der Waals surface area contributed by atoms with Gasteiger partial charge < -0.3 is 10.1 Å². The number of hydrogen-bond donors (Lipinski definition) is 1. The lowest BCUT2D eigenvalue weighted by Crippen LogP contribution is -2.32. The van der Waals surface area contributed by atoms with E-state index in [4.69, 9.17) is 4.74 Å². The van der Waals surface area contributed by atoms with Gasteiger partial charge in [-0.1, -0.05) is 67.6 Å². The van der Waals surface area contributed by atoms with E-state index < -0.39 is 0 Å². The van der Waals surface area contributed by atoms with Crippen molar-refractivity contribution in [3.05, 3.63) is 71.4 Å². The van der Waals surface area contributed by atoms with E-state index in [1.54, 1.807) is 18.1 Å². The highest BCUT2D eigenvalue weighted by Gasteiger charge is 2.31. The maximum Gasteiger partial charge on any atom is 0.278 e. The van der Waals surface area contributed by atoms with Crippen molar-refractivity contribution in [3.63, 3.8) is 0 Å². The molecule has 0 radical (unpaired) electrons. The zero-order valence-electron chi connectivity index (χ0n) is 17.8. The van der Waals surface area contributed by atoms with Gasteiger partial charge in [0.25, 0.3) is 5.91 Å². The van der Waals surface area contributed by atoms with E-state index in [1.165, 1.54) is 11.8 Å². The van der Waals surface area contributed by atoms with Crippen molar-refractivity contribution in [3.8, 4) is 5.75 Å². The van der Waals surface area contributed by atoms with Crippen LogP contribution in [-0.4, -0.2) is 41.3 Å². The van der Waals surface area contributed by atoms with Gasteiger partial charge in [0.1, 0.15) is 11.4 Å². The summed E-state index contributed by atoms with van der Waals surface area (Å²) in [5, 5.41) is 3.44. The van der Waals surface area contributed by atoms with Crippen LogP contribution < -0.4 is 10.1 Å². The number of aliphatic imine (C=N–C) groups is 1. The van der Waals surface area contributed by atoms with Gasteiger partial charge in [0.15, 0.2) is 5.17 Å². The van der Waals surface area contributed by atoms with Crippen molar-refractivity contribution in [2.24, 2.45) is 4.99 Å². The first-order valence-corrected chi connectivity index (χ1v) is 11.3. The molecule has 0 bridgehead atoms. The Labute approximate surface area is 187 Å². The molecule has 0 unspecified atom stereocenters. The van der Waals surface area contributed by atoms with E-state index in [0.717, 1.165) is 29.7 Å². The first-order valence-electron chi connectivity index (χ1n) is 10.3. The number of hydrogen-bond acceptors (Lipinski definition) is 5. The van der Waals surface area contributed by atoms with Crippen molar-refractivity contribution in [1.82, 2.24) is 10.2 Å². The summed E-state index contributed by atoms with van der Waals surface area (Å²) in [5.41, 5.74) is 2.22. The SMILES string of the molecule is CCCCNC(=O)CSC1=N/C(=C\c2ccc(OC)cc2)C(=O)N1Cc1ccccc1. The molecule has 0 atom stereocenters. The third kappa shape index (κ3) is 6.46. The summed E-state index contributed by atoms with van der Waals surface area (Å²) in [5.74, 6) is 0.741. The second-order valence-electron chi connectivity index (χ2n) is 7.07. The van der Waals surface area contributed by atoms with Gasteiger partial charge in [0, 0.05) is 6.54 Å². The lowest BCUT2D eigenvalue weighted by molar-refractivity contribution is -0.123. The van der Waals surface area contributed by atoms with Crippen LogP contribution in [0.2, 0.25) is 0 Å². The second kappa shape index (κ2) is 11.4. The van der Waals surface area contributed by atoms with Crippen LogP contribution in [0.4, 0.5) is 0 Å². The number of nitrogens with one attached hydrogen (secondary N) is 1. The number of benzene rings is 2. The number of ether oxygens (including phenoxy) is 1. The normalized spacial score (nSPS) is 14.6. The molecule has 1 heterocycles. The number of amidine groups is 1. The minimum atomic E-state index is -0.173. The van der Waals surface area contributed by atoms with Crippen molar-refractivity contribution in [2.75, 3.05) is 19.4 Å². The van der Waals surface area contributed by atoms with Crippen LogP contribution in [0.3, 0.4) is 0 Å². The number of amides is 2. The van der Waals surface area contributed by atoms with Gasteiger partial charge in [-0.15, -0.1) is 0 Å². The standard InChI is InChI=1S/C24H27N3O3S/c1-3-4-14-25-22(28)17-31-24-26-21(15-18-10-12-20(30-2)13-11-18)23(29)27(24)16-19-8-6-5-7-9-19/h5-13,15H,3-4,14,16-17H2,1-2H3,(H,25,28)/b21-15-. The van der Waals surface area contributed by atoms with E-state index in [-0.39, 0.29) is 17.6 Å². The van der Waals surface area contributed by atoms with E-state index in [9.17, 15) is 9.59 Å². The second-order valence-corrected chi connectivity index (χ2v) is 8.01. The number of thioether (sulfide) groups is 1. The van der Waals surface area contributed by atoms with E-state index in [1.807, 2.05) is 54.6 Å². The lowest BCUT2D eigenvalue weighted by Gasteiger charge is -2.17. The molecule has 2 amide bonds. The Morgan fingerprint density at radius 3 is 2.58 bits per heavy atom. The van der Waals surface area contributed by atoms with Gasteiger partial charge >= 0.3 is 0 Å². The predicted molar refractivity (Wildman–Crippen MR) is 126 cm³/mol. The van der Waals surface area contributed by atoms with Crippen LogP contribution in [0.5, 0.6) is 5.75 Å². The molecular weight excluding hydrogens is 410 g/mol. The summed E-state index contributed by atoms with van der Waals surface area (Å²) in [6, 6.07) is 17.2. The molecule has 0 aliphatic carbocycles. The first kappa shape index (κ1) is 22.6. The number of nitrogens with zero attached hydrogens (tertiary/aromatic N) is 2. The summed E-state index contributed by atoms with van der Waals surface area (Å²) < 4.78 is 5.19. The average Bonchev–Trinajstić information content (AvgIpc) is 3.08. The lowest BCUT2D eigenvalue weighted by atomic mass is 10.1. The Hall–Kier alpha value is -3.06. The fourth-order valence-corrected chi connectivity index (χ4v) is 3.82. The van der Waals surface area contributed by atoms with Crippen molar-refractivity contribution >= 4 is 34.8 Å². The van der Waals surface area contributed by atoms with Crippen LogP contribution in [-0.2, 0) is 16.1 Å². The Morgan fingerprint density at radius 2 is 1.90 bits per heavy atom. The Bertz CT molecular complexity index is 956. The van der Waals surface area contributed by atoms with Crippen molar-refractivity contribution in [1.29, 1.82) is 0 Å². The van der Waals surface area contributed by atoms with Gasteiger partial charge in [-0.3, -0.25) is 14.5 Å². The van der Waals surface area contributed by atoms with Crippen LogP contribution in [0.1, 0.15) is 30.9 Å². The summed E-state index contributed by atoms with van der Waals surface area (Å²) in [6.45, 7) is 3.15. The maximum absolute atomic E-state index is 13.1. The van der Waals surface area contributed by atoms with Crippen LogP contribution in [0.25, 0.3) is 6.08 Å². The predicted octanol–water partition coefficient (Wildman–Crippen LogP) is 4.08. The Morgan fingerprint density at radius 1 is 1.16 bits per heavy atom. The molecule has 0 saturated heterocycles. The van der Waals surface area contributed by atoms with Gasteiger partial charge in [0.2, 0.25) is 5.91 Å². The molecule has 0 spiro atoms. The molecule has 2 aromatic rings. The third-order valence-corrected chi connectivity index (χ3v) is 5.68. The van der Waals surface area contributed by atoms with Gasteiger partial charge in [-0.25, -0.2) is 4.99 Å². The molecule has 31 heavy (non-hydrogen) atoms. The Kier molecular flexibility index (Phi) is 8.29. The number of carbonyl (C=O) groups is 2. The largest absolute Gasteiger partial charge is 0.497 e. The summed E-state index contributed by atoms with van der Waals surface area (Å²) >= 11 is 1.28. The summed E-state index contributed by atoms with van der Waals surface area (Å²) in [6.07, 6.45) is 3.73. The molecular formula is C24H27N3O3S. The highest BCUT2D eigenvalue weighted by atomic mass is 32.2. The van der Waals surface area contributed by atoms with Gasteiger partial charge in [-0.05, 0) is 35.8 Å². The first-order chi connectivity index (χ1) is 15.1. The molecule has 2 aromatic carbocycles. The summed E-state index contributed by atoms with van der Waals surface area (Å²) in [7, 11) is 1.61. The van der Waals surface area contributed by atoms with E-state index in [2.05, 4.69) is 17.2 Å². The molecule has 7 heteroatoms. The molecule has 1 N–H and O–H groups in total. The highest BCUT2D eigenvalue weighted by Crippen LogP contribution is 2.26. The monoisotopic (exact) mass is 437 g/mol. The molecule has 1 aliphatic rings. The minimum Gasteiger partial charge on any atom is -0.497 e. The fourth-order valence-electron chi connectivity index (χ4n) is 2.99. The molecule has 0 fully saturated rings. The molecule has 3 rings (SSSR count). The van der Waals surface area contributed by atoms with Gasteiger partial charge in [0.05, 0.1) is 19.4 Å². The molecule has 0 saturated carbocycles. The highest BCUT2D eigenvalue weighted by molar-refractivity contribution is 8.14. The minimum absolute atomic E-state index is 0.0548. The fraction of sp³-hybridized carbons (Fsp3) is 0.292. The summed E-state index contributed by atoms with van der Waals surface area (Å²) in [4.78, 5) is 31.4. The molecule has 0 aromatic heterocycles. The average molecular weight is 438 g/mol. The van der Waals surface area contributed by atoms with Crippen molar-refractivity contribution < 1.29 is 14.3 Å². The van der Waals surface area contributed by atoms with Crippen LogP contribution in [0.15, 0.2) is 65.3 Å². The van der Waals surface area contributed by atoms with Crippen LogP contribution >= 0.6 is 11.8 Å². The molecule has 162 valence electrons. The number of carbonyl (C=O) groups excluding carboxylic acids is 2. The number of rotatable bonds is 9. The van der Waals surface area contributed by atoms with E-state index >= 15 is 0 Å². The van der Waals surface area contributed by atoms with E-state index in [0.29, 0.717) is 24.0 Å². The third-order valence-electron chi connectivity index (χ3n) is 4.70. The maximum atomic E-state index is 13.1. The quantitative estimate of drug-likeness (QED) is 0.474. The van der Waals surface area contributed by atoms with Crippen LogP contribution in [0, 0.1) is 0 Å². The molecule has 6 nitrogen and oxygen atoms in total. The number of methoxy groups -OCH3 is 1. The Balaban J connectivity index is 1.77. The van der Waals surface area contributed by atoms with Gasteiger partial charge in [-0.2, -0.15) is 0 Å². The van der Waals surface area contributed by atoms with Crippen molar-refractivity contribution in [2.45, 2.75) is 26.3 Å². The molecule has 1 aliphatic heterocycles. The number of unbranched alkanes of at least 4 members (excludes halogenated alkanes) is 1. The topological polar surface area (TPSA) is 71.0 Å².